The summed E-state index contributed by atoms with van der Waals surface area (Å²) in [6.07, 6.45) is 3.64. The molecule has 0 radical (unpaired) electrons. The van der Waals surface area contributed by atoms with Crippen LogP contribution >= 0.6 is 0 Å². The Morgan fingerprint density at radius 3 is 2.81 bits per heavy atom. The highest BCUT2D eigenvalue weighted by Crippen LogP contribution is 2.31. The maximum Gasteiger partial charge on any atom is 0.222 e. The van der Waals surface area contributed by atoms with Gasteiger partial charge in [0.25, 0.3) is 0 Å². The van der Waals surface area contributed by atoms with Crippen LogP contribution in [0, 0.1) is 5.92 Å². The van der Waals surface area contributed by atoms with Gasteiger partial charge < -0.3 is 16.4 Å². The third-order valence-corrected chi connectivity index (χ3v) is 5.23. The zero-order chi connectivity index (χ0) is 18.3. The number of nitrogen functional groups attached to an aromatic ring is 2. The molecule has 0 bridgehead atoms. The summed E-state index contributed by atoms with van der Waals surface area (Å²) in [5, 5.41) is 7.92. The van der Waals surface area contributed by atoms with Gasteiger partial charge in [0.2, 0.25) is 5.95 Å². The molecule has 3 heterocycles. The molecule has 0 aliphatic carbocycles. The Morgan fingerprint density at radius 1 is 1.15 bits per heavy atom. The molecule has 26 heavy (non-hydrogen) atoms. The van der Waals surface area contributed by atoms with Gasteiger partial charge in [-0.3, -0.25) is 5.10 Å². The van der Waals surface area contributed by atoms with E-state index in [9.17, 15) is 0 Å². The molecule has 0 amide bonds. The predicted octanol–water partition coefficient (Wildman–Crippen LogP) is 3.20. The van der Waals surface area contributed by atoms with Gasteiger partial charge in [-0.05, 0) is 37.3 Å². The van der Waals surface area contributed by atoms with E-state index < -0.39 is 0 Å². The number of aromatic nitrogens is 4. The van der Waals surface area contributed by atoms with Gasteiger partial charge >= 0.3 is 0 Å². The first-order valence-corrected chi connectivity index (χ1v) is 9.18. The van der Waals surface area contributed by atoms with Crippen LogP contribution in [0.2, 0.25) is 0 Å². The summed E-state index contributed by atoms with van der Waals surface area (Å²) >= 11 is 0. The van der Waals surface area contributed by atoms with Gasteiger partial charge in [-0.1, -0.05) is 19.9 Å². The molecular formula is C19H25N7. The SMILES string of the molecule is CC(C)C1CCCCN1c1cc(-c2ccc3c(N)n[nH]c3c2)nc(N)n1. The van der Waals surface area contributed by atoms with E-state index in [1.165, 1.54) is 19.3 Å². The first kappa shape index (κ1) is 16.6. The maximum atomic E-state index is 6.05. The number of rotatable bonds is 3. The number of anilines is 3. The van der Waals surface area contributed by atoms with E-state index in [0.29, 0.717) is 23.7 Å². The lowest BCUT2D eigenvalue weighted by molar-refractivity contribution is 0.373. The summed E-state index contributed by atoms with van der Waals surface area (Å²) in [4.78, 5) is 11.4. The normalized spacial score (nSPS) is 18.0. The molecule has 1 aliphatic heterocycles. The second kappa shape index (κ2) is 6.48. The van der Waals surface area contributed by atoms with Crippen molar-refractivity contribution < 1.29 is 0 Å². The molecule has 0 spiro atoms. The monoisotopic (exact) mass is 351 g/mol. The highest BCUT2D eigenvalue weighted by Gasteiger charge is 2.26. The highest BCUT2D eigenvalue weighted by atomic mass is 15.2. The van der Waals surface area contributed by atoms with Crippen LogP contribution in [0.5, 0.6) is 0 Å². The van der Waals surface area contributed by atoms with Crippen LogP contribution < -0.4 is 16.4 Å². The largest absolute Gasteiger partial charge is 0.382 e. The Morgan fingerprint density at radius 2 is 2.00 bits per heavy atom. The number of hydrogen-bond acceptors (Lipinski definition) is 6. The molecule has 0 saturated carbocycles. The van der Waals surface area contributed by atoms with Crippen molar-refractivity contribution >= 4 is 28.5 Å². The van der Waals surface area contributed by atoms with Gasteiger partial charge in [-0.2, -0.15) is 10.1 Å². The predicted molar refractivity (Wildman–Crippen MR) is 106 cm³/mol. The minimum Gasteiger partial charge on any atom is -0.382 e. The van der Waals surface area contributed by atoms with Gasteiger partial charge in [-0.15, -0.1) is 0 Å². The van der Waals surface area contributed by atoms with Crippen LogP contribution in [0.25, 0.3) is 22.2 Å². The molecule has 7 heteroatoms. The maximum absolute atomic E-state index is 6.05. The Hall–Kier alpha value is -2.83. The summed E-state index contributed by atoms with van der Waals surface area (Å²) in [7, 11) is 0. The van der Waals surface area contributed by atoms with Crippen molar-refractivity contribution in [2.75, 3.05) is 22.9 Å². The smallest absolute Gasteiger partial charge is 0.222 e. The molecule has 136 valence electrons. The number of H-pyrrole nitrogens is 1. The summed E-state index contributed by atoms with van der Waals surface area (Å²) in [6, 6.07) is 8.48. The first-order valence-electron chi connectivity index (χ1n) is 9.18. The zero-order valence-electron chi connectivity index (χ0n) is 15.2. The number of nitrogens with one attached hydrogen (secondary N) is 1. The molecule has 4 rings (SSSR count). The van der Waals surface area contributed by atoms with E-state index in [-0.39, 0.29) is 0 Å². The molecule has 1 aliphatic rings. The van der Waals surface area contributed by atoms with E-state index >= 15 is 0 Å². The Kier molecular flexibility index (Phi) is 4.14. The van der Waals surface area contributed by atoms with Crippen molar-refractivity contribution in [2.45, 2.75) is 39.2 Å². The first-order chi connectivity index (χ1) is 12.5. The van der Waals surface area contributed by atoms with Crippen LogP contribution in [0.3, 0.4) is 0 Å². The lowest BCUT2D eigenvalue weighted by Crippen LogP contribution is -2.43. The van der Waals surface area contributed by atoms with Gasteiger partial charge in [0.15, 0.2) is 5.82 Å². The molecule has 5 N–H and O–H groups in total. The summed E-state index contributed by atoms with van der Waals surface area (Å²) in [5.74, 6) is 2.28. The van der Waals surface area contributed by atoms with Crippen molar-refractivity contribution in [3.05, 3.63) is 24.3 Å². The van der Waals surface area contributed by atoms with Crippen LogP contribution in [-0.4, -0.2) is 32.8 Å². The molecular weight excluding hydrogens is 326 g/mol. The van der Waals surface area contributed by atoms with E-state index in [1.807, 2.05) is 24.3 Å². The van der Waals surface area contributed by atoms with Gasteiger partial charge in [-0.25, -0.2) is 4.98 Å². The standard InChI is InChI=1S/C19H25N7/c1-11(2)16-5-3-4-8-26(16)17-10-14(22-19(21)23-17)12-6-7-13-15(9-12)24-25-18(13)20/h6-7,9-11,16H,3-5,8H2,1-2H3,(H3,20,24,25)(H2,21,22,23). The van der Waals surface area contributed by atoms with Crippen LogP contribution in [0.15, 0.2) is 24.3 Å². The molecule has 1 fully saturated rings. The minimum atomic E-state index is 0.301. The van der Waals surface area contributed by atoms with Gasteiger partial charge in [0.05, 0.1) is 11.2 Å². The molecule has 3 aromatic rings. The zero-order valence-corrected chi connectivity index (χ0v) is 15.2. The summed E-state index contributed by atoms with van der Waals surface area (Å²) < 4.78 is 0. The van der Waals surface area contributed by atoms with Crippen LogP contribution in [-0.2, 0) is 0 Å². The average Bonchev–Trinajstić information content (AvgIpc) is 3.01. The van der Waals surface area contributed by atoms with Crippen molar-refractivity contribution in [2.24, 2.45) is 5.92 Å². The number of nitrogens with zero attached hydrogens (tertiary/aromatic N) is 4. The Bertz CT molecular complexity index is 931. The molecule has 1 unspecified atom stereocenters. The number of aromatic amines is 1. The van der Waals surface area contributed by atoms with E-state index in [4.69, 9.17) is 11.5 Å². The average molecular weight is 351 g/mol. The molecule has 2 aromatic heterocycles. The number of hydrogen-bond donors (Lipinski definition) is 3. The second-order valence-corrected chi connectivity index (χ2v) is 7.34. The number of nitrogens with two attached hydrogens (primary N) is 2. The Labute approximate surface area is 152 Å². The summed E-state index contributed by atoms with van der Waals surface area (Å²) in [5.41, 5.74) is 14.6. The van der Waals surface area contributed by atoms with Crippen molar-refractivity contribution in [1.82, 2.24) is 20.2 Å². The van der Waals surface area contributed by atoms with E-state index in [0.717, 1.165) is 34.5 Å². The van der Waals surface area contributed by atoms with E-state index in [1.54, 1.807) is 0 Å². The van der Waals surface area contributed by atoms with Crippen molar-refractivity contribution in [3.63, 3.8) is 0 Å². The fourth-order valence-corrected chi connectivity index (χ4v) is 3.88. The lowest BCUT2D eigenvalue weighted by atomic mass is 9.93. The van der Waals surface area contributed by atoms with Gasteiger partial charge in [0, 0.05) is 29.6 Å². The third kappa shape index (κ3) is 2.94. The van der Waals surface area contributed by atoms with Crippen LogP contribution in [0.1, 0.15) is 33.1 Å². The number of fused-ring (bicyclic) bond motifs is 1. The third-order valence-electron chi connectivity index (χ3n) is 5.23. The highest BCUT2D eigenvalue weighted by molar-refractivity contribution is 5.91. The van der Waals surface area contributed by atoms with Crippen molar-refractivity contribution in [3.8, 4) is 11.3 Å². The second-order valence-electron chi connectivity index (χ2n) is 7.34. The molecule has 1 aromatic carbocycles. The number of benzene rings is 1. The van der Waals surface area contributed by atoms with Crippen LogP contribution in [0.4, 0.5) is 17.6 Å². The fourth-order valence-electron chi connectivity index (χ4n) is 3.88. The quantitative estimate of drug-likeness (QED) is 0.668. The van der Waals surface area contributed by atoms with Crippen molar-refractivity contribution in [1.29, 1.82) is 0 Å². The molecule has 1 atom stereocenters. The van der Waals surface area contributed by atoms with Gasteiger partial charge in [0.1, 0.15) is 5.82 Å². The Balaban J connectivity index is 1.75. The topological polar surface area (TPSA) is 110 Å². The summed E-state index contributed by atoms with van der Waals surface area (Å²) in [6.45, 7) is 5.55. The van der Waals surface area contributed by atoms with E-state index in [2.05, 4.69) is 38.9 Å². The fraction of sp³-hybridized carbons (Fsp3) is 0.421. The molecule has 7 nitrogen and oxygen atoms in total. The lowest BCUT2D eigenvalue weighted by Gasteiger charge is -2.39. The molecule has 1 saturated heterocycles. The minimum absolute atomic E-state index is 0.301. The number of piperidine rings is 1.